The first kappa shape index (κ1) is 22.4. The lowest BCUT2D eigenvalue weighted by Gasteiger charge is -2.25. The highest BCUT2D eigenvalue weighted by atomic mass is 16.3. The number of carbonyl (C=O) groups is 1. The van der Waals surface area contributed by atoms with E-state index in [1.54, 1.807) is 25.2 Å². The molecule has 11 nitrogen and oxygen atoms in total. The first-order valence-electron chi connectivity index (χ1n) is 11.2. The molecule has 0 fully saturated rings. The summed E-state index contributed by atoms with van der Waals surface area (Å²) >= 11 is 0. The lowest BCUT2D eigenvalue weighted by atomic mass is 9.99. The lowest BCUT2D eigenvalue weighted by molar-refractivity contribution is -0.130. The summed E-state index contributed by atoms with van der Waals surface area (Å²) in [6, 6.07) is 15.1. The van der Waals surface area contributed by atoms with E-state index in [-0.39, 0.29) is 12.5 Å². The molecule has 0 saturated heterocycles. The van der Waals surface area contributed by atoms with Gasteiger partial charge < -0.3 is 20.6 Å². The smallest absolute Gasteiger partial charge is 0.229 e. The third kappa shape index (κ3) is 4.66. The van der Waals surface area contributed by atoms with Crippen LogP contribution in [0, 0.1) is 0 Å². The number of hydrogen-bond acceptors (Lipinski definition) is 9. The van der Waals surface area contributed by atoms with Crippen LogP contribution in [0.2, 0.25) is 0 Å². The number of benzene rings is 2. The maximum absolute atomic E-state index is 12.0. The molecule has 2 aromatic carbocycles. The molecule has 0 saturated carbocycles. The molecule has 35 heavy (non-hydrogen) atoms. The Labute approximate surface area is 201 Å². The molecule has 0 radical (unpaired) electrons. The standard InChI is InChI=1S/C24H25N9O2/c1-32-13-17-10-18(9-8-16(17)11-21(32)35)26-24-25-12-19(23-29-30-31-33(23)2)22(28-24)27-20(14-34)15-6-4-3-5-7-15/h3-10,12,20,34H,11,13-14H2,1-2H3,(H2,25,26,27,28)/t20-/m1/s1. The van der Waals surface area contributed by atoms with Crippen LogP contribution in [0.15, 0.2) is 54.7 Å². The van der Waals surface area contributed by atoms with Crippen LogP contribution in [-0.2, 0) is 24.8 Å². The molecule has 2 aromatic heterocycles. The van der Waals surface area contributed by atoms with Gasteiger partial charge in [-0.25, -0.2) is 9.67 Å². The molecule has 11 heteroatoms. The predicted octanol–water partition coefficient (Wildman–Crippen LogP) is 2.07. The first-order valence-corrected chi connectivity index (χ1v) is 11.2. The molecule has 0 unspecified atom stereocenters. The molecule has 1 atom stereocenters. The Hall–Kier alpha value is -4.38. The lowest BCUT2D eigenvalue weighted by Crippen LogP contribution is -2.32. The van der Waals surface area contributed by atoms with Crippen molar-refractivity contribution in [1.82, 2.24) is 35.1 Å². The van der Waals surface area contributed by atoms with E-state index in [2.05, 4.69) is 31.1 Å². The fourth-order valence-electron chi connectivity index (χ4n) is 4.05. The zero-order chi connectivity index (χ0) is 24.4. The summed E-state index contributed by atoms with van der Waals surface area (Å²) in [6.45, 7) is 0.426. The van der Waals surface area contributed by atoms with Gasteiger partial charge in [0.15, 0.2) is 5.82 Å². The number of amides is 1. The average Bonchev–Trinajstić information content (AvgIpc) is 3.29. The van der Waals surface area contributed by atoms with Crippen molar-refractivity contribution in [2.75, 3.05) is 24.3 Å². The van der Waals surface area contributed by atoms with E-state index in [0.29, 0.717) is 36.1 Å². The molecule has 1 amide bonds. The minimum atomic E-state index is -0.393. The SMILES string of the molecule is CN1Cc2cc(Nc3ncc(-c4nnnn4C)c(N[C@H](CO)c4ccccc4)n3)ccc2CC1=O. The number of aromatic nitrogens is 6. The Balaban J connectivity index is 1.47. The summed E-state index contributed by atoms with van der Waals surface area (Å²) < 4.78 is 1.54. The van der Waals surface area contributed by atoms with E-state index in [1.807, 2.05) is 48.5 Å². The molecule has 1 aliphatic rings. The highest BCUT2D eigenvalue weighted by Gasteiger charge is 2.21. The fourth-order valence-corrected chi connectivity index (χ4v) is 4.05. The van der Waals surface area contributed by atoms with Crippen LogP contribution in [0.4, 0.5) is 17.5 Å². The third-order valence-electron chi connectivity index (χ3n) is 5.98. The number of aliphatic hydroxyl groups excluding tert-OH is 1. The summed E-state index contributed by atoms with van der Waals surface area (Å²) in [6.07, 6.45) is 2.05. The number of tetrazole rings is 1. The Bertz CT molecular complexity index is 1360. The number of anilines is 3. The van der Waals surface area contributed by atoms with Gasteiger partial charge in [-0.2, -0.15) is 4.98 Å². The van der Waals surface area contributed by atoms with Crippen molar-refractivity contribution in [1.29, 1.82) is 0 Å². The van der Waals surface area contributed by atoms with Gasteiger partial charge in [0.25, 0.3) is 0 Å². The summed E-state index contributed by atoms with van der Waals surface area (Å²) in [4.78, 5) is 22.9. The van der Waals surface area contributed by atoms with Gasteiger partial charge in [0.2, 0.25) is 11.9 Å². The molecule has 4 aromatic rings. The molecule has 178 valence electrons. The summed E-state index contributed by atoms with van der Waals surface area (Å²) in [7, 11) is 3.54. The maximum atomic E-state index is 12.0. The molecule has 3 heterocycles. The molecule has 0 aliphatic carbocycles. The molecule has 1 aliphatic heterocycles. The molecular formula is C24H25N9O2. The monoisotopic (exact) mass is 471 g/mol. The van der Waals surface area contributed by atoms with E-state index >= 15 is 0 Å². The van der Waals surface area contributed by atoms with Crippen molar-refractivity contribution in [2.45, 2.75) is 19.0 Å². The number of nitrogens with zero attached hydrogens (tertiary/aromatic N) is 7. The average molecular weight is 472 g/mol. The van der Waals surface area contributed by atoms with Crippen LogP contribution < -0.4 is 10.6 Å². The topological polar surface area (TPSA) is 134 Å². The Morgan fingerprint density at radius 2 is 1.94 bits per heavy atom. The molecular weight excluding hydrogens is 446 g/mol. The van der Waals surface area contributed by atoms with E-state index in [0.717, 1.165) is 22.4 Å². The van der Waals surface area contributed by atoms with Crippen LogP contribution in [0.25, 0.3) is 11.4 Å². The Morgan fingerprint density at radius 1 is 1.11 bits per heavy atom. The first-order chi connectivity index (χ1) is 17.0. The van der Waals surface area contributed by atoms with Gasteiger partial charge in [-0.05, 0) is 39.2 Å². The number of aryl methyl sites for hydroxylation is 1. The van der Waals surface area contributed by atoms with Crippen LogP contribution in [0.5, 0.6) is 0 Å². The number of aliphatic hydroxyl groups is 1. The van der Waals surface area contributed by atoms with Crippen LogP contribution in [0.3, 0.4) is 0 Å². The highest BCUT2D eigenvalue weighted by Crippen LogP contribution is 2.29. The van der Waals surface area contributed by atoms with Gasteiger partial charge >= 0.3 is 0 Å². The fraction of sp³-hybridized carbons (Fsp3) is 0.250. The minimum Gasteiger partial charge on any atom is -0.394 e. The maximum Gasteiger partial charge on any atom is 0.229 e. The summed E-state index contributed by atoms with van der Waals surface area (Å²) in [5.41, 5.74) is 4.44. The van der Waals surface area contributed by atoms with Crippen molar-refractivity contribution < 1.29 is 9.90 Å². The van der Waals surface area contributed by atoms with Gasteiger partial charge in [-0.1, -0.05) is 36.4 Å². The van der Waals surface area contributed by atoms with E-state index in [1.165, 1.54) is 4.68 Å². The molecule has 3 N–H and O–H groups in total. The zero-order valence-electron chi connectivity index (χ0n) is 19.4. The number of likely N-dealkylation sites (N-methyl/N-ethyl adjacent to an activating group) is 1. The molecule has 0 spiro atoms. The van der Waals surface area contributed by atoms with Gasteiger partial charge in [0, 0.05) is 32.5 Å². The number of fused-ring (bicyclic) bond motifs is 1. The van der Waals surface area contributed by atoms with Crippen LogP contribution in [0.1, 0.15) is 22.7 Å². The van der Waals surface area contributed by atoms with Crippen LogP contribution in [-0.4, -0.2) is 59.7 Å². The van der Waals surface area contributed by atoms with E-state index in [9.17, 15) is 9.90 Å². The normalized spacial score (nSPS) is 13.9. The van der Waals surface area contributed by atoms with Crippen molar-refractivity contribution in [2.24, 2.45) is 7.05 Å². The predicted molar refractivity (Wildman–Crippen MR) is 130 cm³/mol. The Kier molecular flexibility index (Phi) is 6.06. The number of carbonyl (C=O) groups excluding carboxylic acids is 1. The largest absolute Gasteiger partial charge is 0.394 e. The van der Waals surface area contributed by atoms with E-state index in [4.69, 9.17) is 4.98 Å². The van der Waals surface area contributed by atoms with Crippen molar-refractivity contribution in [3.63, 3.8) is 0 Å². The van der Waals surface area contributed by atoms with Gasteiger partial charge in [0.05, 0.1) is 24.6 Å². The van der Waals surface area contributed by atoms with Gasteiger partial charge in [0.1, 0.15) is 5.82 Å². The van der Waals surface area contributed by atoms with Crippen molar-refractivity contribution in [3.8, 4) is 11.4 Å². The van der Waals surface area contributed by atoms with Crippen molar-refractivity contribution in [3.05, 3.63) is 71.4 Å². The quantitative estimate of drug-likeness (QED) is 0.370. The Morgan fingerprint density at radius 3 is 2.69 bits per heavy atom. The van der Waals surface area contributed by atoms with E-state index < -0.39 is 6.04 Å². The van der Waals surface area contributed by atoms with Crippen molar-refractivity contribution >= 4 is 23.4 Å². The number of nitrogens with one attached hydrogen (secondary N) is 2. The number of hydrogen-bond donors (Lipinski definition) is 3. The second kappa shape index (κ2) is 9.47. The summed E-state index contributed by atoms with van der Waals surface area (Å²) in [5, 5.41) is 28.4. The highest BCUT2D eigenvalue weighted by molar-refractivity contribution is 5.81. The number of rotatable bonds is 7. The van der Waals surface area contributed by atoms with Gasteiger partial charge in [-0.3, -0.25) is 4.79 Å². The summed E-state index contributed by atoms with van der Waals surface area (Å²) in [5.74, 6) is 1.45. The second-order valence-corrected chi connectivity index (χ2v) is 8.41. The van der Waals surface area contributed by atoms with Crippen LogP contribution >= 0.6 is 0 Å². The third-order valence-corrected chi connectivity index (χ3v) is 5.98. The second-order valence-electron chi connectivity index (χ2n) is 8.41. The zero-order valence-corrected chi connectivity index (χ0v) is 19.4. The minimum absolute atomic E-state index is 0.114. The van der Waals surface area contributed by atoms with Gasteiger partial charge in [-0.15, -0.1) is 5.10 Å². The molecule has 5 rings (SSSR count). The molecule has 0 bridgehead atoms.